The number of fused-ring (bicyclic) bond motifs is 1. The predicted octanol–water partition coefficient (Wildman–Crippen LogP) is 4.61. The van der Waals surface area contributed by atoms with E-state index in [-0.39, 0.29) is 17.5 Å². The van der Waals surface area contributed by atoms with Gasteiger partial charge in [-0.25, -0.2) is 14.4 Å². The minimum Gasteiger partial charge on any atom is -0.493 e. The van der Waals surface area contributed by atoms with Crippen LogP contribution in [0.1, 0.15) is 39.6 Å². The van der Waals surface area contributed by atoms with Gasteiger partial charge in [-0.05, 0) is 61.2 Å². The summed E-state index contributed by atoms with van der Waals surface area (Å²) >= 11 is 0. The average Bonchev–Trinajstić information content (AvgIpc) is 2.78. The van der Waals surface area contributed by atoms with Gasteiger partial charge in [0.05, 0.1) is 38.3 Å². The standard InChI is InChI=1S/C24H24FN3O4/c1-13-22-18(28-24(26-13)27-17-7-5-16(25)6-8-17)9-14(10-19(22)29)15-11-20(30-2)23(32-4)21(12-15)31-3/h5-8,11-12,14H,9-10H2,1-4H3,(H,26,27,28)/t14-/m0/s1. The fourth-order valence-corrected chi connectivity index (χ4v) is 4.07. The van der Waals surface area contributed by atoms with Crippen LogP contribution in [0, 0.1) is 12.7 Å². The Morgan fingerprint density at radius 2 is 1.62 bits per heavy atom. The fraction of sp³-hybridized carbons (Fsp3) is 0.292. The molecule has 7 nitrogen and oxygen atoms in total. The second-order valence-corrected chi connectivity index (χ2v) is 7.57. The van der Waals surface area contributed by atoms with Gasteiger partial charge in [0.2, 0.25) is 11.7 Å². The van der Waals surface area contributed by atoms with Crippen molar-refractivity contribution in [3.63, 3.8) is 0 Å². The van der Waals surface area contributed by atoms with Crippen LogP contribution in [0.2, 0.25) is 0 Å². The van der Waals surface area contributed by atoms with Gasteiger partial charge in [0.15, 0.2) is 17.3 Å². The number of benzene rings is 2. The summed E-state index contributed by atoms with van der Waals surface area (Å²) in [4.78, 5) is 22.0. The monoisotopic (exact) mass is 437 g/mol. The number of anilines is 2. The first kappa shape index (κ1) is 21.5. The smallest absolute Gasteiger partial charge is 0.227 e. The van der Waals surface area contributed by atoms with Crippen molar-refractivity contribution in [3.05, 3.63) is 64.7 Å². The second kappa shape index (κ2) is 8.82. The zero-order chi connectivity index (χ0) is 22.8. The van der Waals surface area contributed by atoms with Crippen LogP contribution < -0.4 is 19.5 Å². The highest BCUT2D eigenvalue weighted by atomic mass is 19.1. The molecule has 0 amide bonds. The van der Waals surface area contributed by atoms with Crippen molar-refractivity contribution in [2.45, 2.75) is 25.7 Å². The molecule has 4 rings (SSSR count). The normalized spacial score (nSPS) is 15.2. The van der Waals surface area contributed by atoms with Crippen molar-refractivity contribution in [2.24, 2.45) is 0 Å². The zero-order valence-electron chi connectivity index (χ0n) is 18.4. The maximum atomic E-state index is 13.2. The minimum absolute atomic E-state index is 0.00386. The van der Waals surface area contributed by atoms with Crippen molar-refractivity contribution in [1.29, 1.82) is 0 Å². The highest BCUT2D eigenvalue weighted by molar-refractivity contribution is 5.99. The predicted molar refractivity (Wildman–Crippen MR) is 118 cm³/mol. The Balaban J connectivity index is 1.69. The van der Waals surface area contributed by atoms with Gasteiger partial charge in [-0.1, -0.05) is 0 Å². The van der Waals surface area contributed by atoms with Crippen LogP contribution >= 0.6 is 0 Å². The highest BCUT2D eigenvalue weighted by Gasteiger charge is 2.31. The first-order valence-electron chi connectivity index (χ1n) is 10.2. The van der Waals surface area contributed by atoms with E-state index in [0.29, 0.717) is 58.7 Å². The van der Waals surface area contributed by atoms with E-state index in [9.17, 15) is 9.18 Å². The Labute approximate surface area is 185 Å². The number of carbonyl (C=O) groups excluding carboxylic acids is 1. The lowest BCUT2D eigenvalue weighted by atomic mass is 9.81. The van der Waals surface area contributed by atoms with Gasteiger partial charge in [-0.2, -0.15) is 0 Å². The van der Waals surface area contributed by atoms with Crippen LogP contribution in [-0.4, -0.2) is 37.1 Å². The van der Waals surface area contributed by atoms with E-state index in [1.807, 2.05) is 12.1 Å². The molecule has 166 valence electrons. The number of aromatic nitrogens is 2. The minimum atomic E-state index is -0.322. The molecule has 0 radical (unpaired) electrons. The lowest BCUT2D eigenvalue weighted by Crippen LogP contribution is -2.23. The van der Waals surface area contributed by atoms with Crippen molar-refractivity contribution in [1.82, 2.24) is 9.97 Å². The molecule has 1 heterocycles. The molecule has 32 heavy (non-hydrogen) atoms. The van der Waals surface area contributed by atoms with Crippen molar-refractivity contribution in [3.8, 4) is 17.2 Å². The van der Waals surface area contributed by atoms with Gasteiger partial charge in [0.25, 0.3) is 0 Å². The third-order valence-electron chi connectivity index (χ3n) is 5.57. The molecule has 1 aliphatic rings. The maximum Gasteiger partial charge on any atom is 0.227 e. The summed E-state index contributed by atoms with van der Waals surface area (Å²) in [7, 11) is 4.68. The van der Waals surface area contributed by atoms with Crippen molar-refractivity contribution in [2.75, 3.05) is 26.6 Å². The van der Waals surface area contributed by atoms with Crippen molar-refractivity contribution >= 4 is 17.4 Å². The molecule has 1 N–H and O–H groups in total. The van der Waals surface area contributed by atoms with Crippen LogP contribution in [0.25, 0.3) is 0 Å². The van der Waals surface area contributed by atoms with Gasteiger partial charge < -0.3 is 19.5 Å². The number of rotatable bonds is 6. The van der Waals surface area contributed by atoms with Crippen LogP contribution in [0.4, 0.5) is 16.0 Å². The van der Waals surface area contributed by atoms with Crippen molar-refractivity contribution < 1.29 is 23.4 Å². The van der Waals surface area contributed by atoms with E-state index in [2.05, 4.69) is 15.3 Å². The first-order valence-corrected chi connectivity index (χ1v) is 10.2. The molecule has 1 aromatic heterocycles. The molecule has 0 saturated carbocycles. The largest absolute Gasteiger partial charge is 0.493 e. The molecule has 2 aromatic carbocycles. The molecule has 0 unspecified atom stereocenters. The lowest BCUT2D eigenvalue weighted by molar-refractivity contribution is 0.0962. The van der Waals surface area contributed by atoms with Crippen LogP contribution in [0.15, 0.2) is 36.4 Å². The van der Waals surface area contributed by atoms with E-state index >= 15 is 0 Å². The number of ether oxygens (including phenoxy) is 3. The SMILES string of the molecule is COc1cc([C@@H]2CC(=O)c3c(C)nc(Nc4ccc(F)cc4)nc3C2)cc(OC)c1OC. The number of aryl methyl sites for hydroxylation is 1. The Kier molecular flexibility index (Phi) is 5.94. The van der Waals surface area contributed by atoms with Gasteiger partial charge in [0.1, 0.15) is 5.82 Å². The summed E-state index contributed by atoms with van der Waals surface area (Å²) in [5, 5.41) is 3.09. The number of methoxy groups -OCH3 is 3. The number of hydrogen-bond acceptors (Lipinski definition) is 7. The van der Waals surface area contributed by atoms with Gasteiger partial charge in [-0.3, -0.25) is 4.79 Å². The van der Waals surface area contributed by atoms with E-state index in [4.69, 9.17) is 14.2 Å². The van der Waals surface area contributed by atoms with Crippen LogP contribution in [0.3, 0.4) is 0 Å². The molecule has 0 spiro atoms. The topological polar surface area (TPSA) is 82.6 Å². The molecule has 3 aromatic rings. The molecule has 1 atom stereocenters. The quantitative estimate of drug-likeness (QED) is 0.603. The summed E-state index contributed by atoms with van der Waals surface area (Å²) in [5.41, 5.74) is 3.43. The maximum absolute atomic E-state index is 13.2. The van der Waals surface area contributed by atoms with Gasteiger partial charge in [-0.15, -0.1) is 0 Å². The number of halogens is 1. The van der Waals surface area contributed by atoms with Crippen LogP contribution in [0.5, 0.6) is 17.2 Å². The Bertz CT molecular complexity index is 1140. The Hall–Kier alpha value is -3.68. The first-order chi connectivity index (χ1) is 15.4. The van der Waals surface area contributed by atoms with Crippen LogP contribution in [-0.2, 0) is 6.42 Å². The summed E-state index contributed by atoms with van der Waals surface area (Å²) in [6.07, 6.45) is 0.891. The van der Waals surface area contributed by atoms with E-state index < -0.39 is 0 Å². The molecule has 0 aliphatic heterocycles. The number of nitrogens with zero attached hydrogens (tertiary/aromatic N) is 2. The van der Waals surface area contributed by atoms with E-state index in [1.165, 1.54) is 12.1 Å². The molecule has 0 fully saturated rings. The summed E-state index contributed by atoms with van der Waals surface area (Å²) < 4.78 is 29.5. The van der Waals surface area contributed by atoms with E-state index in [1.54, 1.807) is 40.4 Å². The summed E-state index contributed by atoms with van der Waals surface area (Å²) in [6.45, 7) is 1.80. The number of hydrogen-bond donors (Lipinski definition) is 1. The second-order valence-electron chi connectivity index (χ2n) is 7.57. The molecule has 0 bridgehead atoms. The average molecular weight is 437 g/mol. The van der Waals surface area contributed by atoms with E-state index in [0.717, 1.165) is 5.56 Å². The Morgan fingerprint density at radius 3 is 2.22 bits per heavy atom. The zero-order valence-corrected chi connectivity index (χ0v) is 18.4. The van der Waals surface area contributed by atoms with Gasteiger partial charge in [0, 0.05) is 12.1 Å². The number of carbonyl (C=O) groups is 1. The summed E-state index contributed by atoms with van der Waals surface area (Å²) in [6, 6.07) is 9.68. The lowest BCUT2D eigenvalue weighted by Gasteiger charge is -2.26. The third-order valence-corrected chi connectivity index (χ3v) is 5.57. The number of Topliss-reactive ketones (excluding diaryl/α,β-unsaturated/α-hetero) is 1. The molecule has 8 heteroatoms. The fourth-order valence-electron chi connectivity index (χ4n) is 4.07. The third kappa shape index (κ3) is 4.08. The Morgan fingerprint density at radius 1 is 0.969 bits per heavy atom. The molecular weight excluding hydrogens is 413 g/mol. The number of ketones is 1. The highest BCUT2D eigenvalue weighted by Crippen LogP contribution is 2.43. The van der Waals surface area contributed by atoms with Gasteiger partial charge >= 0.3 is 0 Å². The number of nitrogens with one attached hydrogen (secondary N) is 1. The summed E-state index contributed by atoms with van der Waals surface area (Å²) in [5.74, 6) is 1.52. The molecular formula is C24H24FN3O4. The molecule has 0 saturated heterocycles. The molecule has 1 aliphatic carbocycles.